The van der Waals surface area contributed by atoms with Crippen molar-refractivity contribution in [1.29, 1.82) is 0 Å². The van der Waals surface area contributed by atoms with Crippen LogP contribution < -0.4 is 4.90 Å². The lowest BCUT2D eigenvalue weighted by molar-refractivity contribution is -0.165. The Balaban J connectivity index is 2.07. The van der Waals surface area contributed by atoms with E-state index in [9.17, 15) is 19.6 Å². The molecular formula is C22H22N2O5. The molecule has 29 heavy (non-hydrogen) atoms. The zero-order chi connectivity index (χ0) is 21.1. The van der Waals surface area contributed by atoms with Gasteiger partial charge in [0.15, 0.2) is 17.2 Å². The molecule has 1 aromatic carbocycles. The van der Waals surface area contributed by atoms with Crippen molar-refractivity contribution in [2.45, 2.75) is 37.9 Å². The zero-order valence-corrected chi connectivity index (χ0v) is 16.7. The zero-order valence-electron chi connectivity index (χ0n) is 16.7. The number of ketones is 2. The molecule has 7 nitrogen and oxygen atoms in total. The summed E-state index contributed by atoms with van der Waals surface area (Å²) in [6.07, 6.45) is 1.51. The van der Waals surface area contributed by atoms with Crippen LogP contribution in [0.3, 0.4) is 0 Å². The minimum atomic E-state index is -1.58. The van der Waals surface area contributed by atoms with Gasteiger partial charge in [0, 0.05) is 18.0 Å². The molecule has 5 rings (SSSR count). The van der Waals surface area contributed by atoms with Gasteiger partial charge in [-0.3, -0.25) is 14.4 Å². The van der Waals surface area contributed by atoms with Gasteiger partial charge in [-0.15, -0.1) is 11.7 Å². The predicted octanol–water partition coefficient (Wildman–Crippen LogP) is 1.95. The quantitative estimate of drug-likeness (QED) is 0.358. The maximum atomic E-state index is 14.1. The van der Waals surface area contributed by atoms with E-state index in [-0.39, 0.29) is 17.5 Å². The Labute approximate surface area is 168 Å². The minimum absolute atomic E-state index is 0.289. The number of rotatable bonds is 2. The molecule has 2 fully saturated rings. The number of hydrogen-bond donors (Lipinski definition) is 1. The fourth-order valence-corrected chi connectivity index (χ4v) is 6.37. The molecule has 1 aromatic rings. The summed E-state index contributed by atoms with van der Waals surface area (Å²) in [5, 5.41) is 12.9. The van der Waals surface area contributed by atoms with Crippen molar-refractivity contribution >= 4 is 29.4 Å². The summed E-state index contributed by atoms with van der Waals surface area (Å²) < 4.78 is 6.35. The number of amides is 1. The second kappa shape index (κ2) is 4.84. The molecule has 2 aliphatic carbocycles. The van der Waals surface area contributed by atoms with E-state index in [0.717, 1.165) is 6.21 Å². The summed E-state index contributed by atoms with van der Waals surface area (Å²) in [7, 11) is 1.67. The molecule has 2 aliphatic heterocycles. The molecule has 7 heteroatoms. The van der Waals surface area contributed by atoms with Gasteiger partial charge in [0.05, 0.1) is 23.2 Å². The van der Waals surface area contributed by atoms with Crippen molar-refractivity contribution in [2.75, 3.05) is 11.9 Å². The van der Waals surface area contributed by atoms with E-state index >= 15 is 0 Å². The van der Waals surface area contributed by atoms with Crippen LogP contribution in [0.4, 0.5) is 5.69 Å². The number of carbonyl (C=O) groups is 3. The number of allylic oxidation sites excluding steroid dienone is 1. The molecule has 1 amide bonds. The van der Waals surface area contributed by atoms with Crippen molar-refractivity contribution in [1.82, 2.24) is 0 Å². The van der Waals surface area contributed by atoms with Crippen LogP contribution in [0.2, 0.25) is 0 Å². The fourth-order valence-electron chi connectivity index (χ4n) is 6.37. The molecule has 1 saturated heterocycles. The Kier molecular flexibility index (Phi) is 3.05. The molecule has 150 valence electrons. The second-order valence-electron chi connectivity index (χ2n) is 9.17. The first-order valence-corrected chi connectivity index (χ1v) is 9.58. The molecule has 3 bridgehead atoms. The number of benzene rings is 1. The third kappa shape index (κ3) is 1.44. The molecule has 0 radical (unpaired) electrons. The van der Waals surface area contributed by atoms with Gasteiger partial charge in [0.25, 0.3) is 5.91 Å². The highest BCUT2D eigenvalue weighted by Crippen LogP contribution is 2.70. The number of ether oxygens (including phenoxy) is 1. The number of carbonyl (C=O) groups excluding carboxylic acids is 3. The summed E-state index contributed by atoms with van der Waals surface area (Å²) in [5.41, 5.74) is -3.75. The van der Waals surface area contributed by atoms with E-state index in [1.165, 1.54) is 11.0 Å². The minimum Gasteiger partial charge on any atom is -0.411 e. The summed E-state index contributed by atoms with van der Waals surface area (Å²) in [6.45, 7) is 9.09. The standard InChI is InChI=1S/C22H22N2O5/c1-6-20(4)17(26)15-14-16(25)21(20,10-23-28)11-8-7-9-12-13(11)22(29-15,19(14,2)3)18(27)24(12)5/h6-10,14-15,28H,1H2,2-5H3/b23-10+/t14-,15+,20+,21-,22-/m0/s1. The molecule has 1 N–H and O–H groups in total. The molecule has 1 spiro atoms. The van der Waals surface area contributed by atoms with Crippen LogP contribution >= 0.6 is 0 Å². The first-order chi connectivity index (χ1) is 13.6. The molecule has 0 aromatic heterocycles. The first-order valence-electron chi connectivity index (χ1n) is 9.58. The number of fused-ring (bicyclic) bond motifs is 2. The number of oxime groups is 1. The fraction of sp³-hybridized carbons (Fsp3) is 0.455. The Morgan fingerprint density at radius 2 is 1.90 bits per heavy atom. The van der Waals surface area contributed by atoms with Gasteiger partial charge in [-0.1, -0.05) is 32.1 Å². The van der Waals surface area contributed by atoms with E-state index in [2.05, 4.69) is 11.7 Å². The van der Waals surface area contributed by atoms with Crippen LogP contribution in [0.25, 0.3) is 0 Å². The van der Waals surface area contributed by atoms with Crippen molar-refractivity contribution in [2.24, 2.45) is 21.9 Å². The SMILES string of the molecule is C=C[C@]1(C)C(=O)[C@@H]2O[C@]34C(=O)N(C)c5cccc(c53)[C@@]1(/C=N/O)C(=O)[C@H]2C4(C)C. The summed E-state index contributed by atoms with van der Waals surface area (Å²) >= 11 is 0. The van der Waals surface area contributed by atoms with E-state index < -0.39 is 33.9 Å². The van der Waals surface area contributed by atoms with Crippen molar-refractivity contribution < 1.29 is 24.3 Å². The van der Waals surface area contributed by atoms with Crippen LogP contribution in [0.5, 0.6) is 0 Å². The Bertz CT molecular complexity index is 1070. The van der Waals surface area contributed by atoms with Gasteiger partial charge < -0.3 is 14.8 Å². The highest BCUT2D eigenvalue weighted by atomic mass is 16.5. The summed E-state index contributed by atoms with van der Waals surface area (Å²) in [5.74, 6) is -1.78. The van der Waals surface area contributed by atoms with Gasteiger partial charge in [-0.25, -0.2) is 0 Å². The van der Waals surface area contributed by atoms with Crippen LogP contribution in [0, 0.1) is 16.7 Å². The lowest BCUT2D eigenvalue weighted by atomic mass is 9.49. The number of nitrogens with zero attached hydrogens (tertiary/aromatic N) is 2. The first kappa shape index (κ1) is 18.2. The van der Waals surface area contributed by atoms with Crippen LogP contribution in [-0.4, -0.2) is 42.0 Å². The van der Waals surface area contributed by atoms with Gasteiger partial charge in [0.2, 0.25) is 0 Å². The Morgan fingerprint density at radius 3 is 2.52 bits per heavy atom. The van der Waals surface area contributed by atoms with Crippen molar-refractivity contribution in [3.8, 4) is 0 Å². The third-order valence-corrected chi connectivity index (χ3v) is 8.00. The summed E-state index contributed by atoms with van der Waals surface area (Å²) in [4.78, 5) is 43.0. The highest BCUT2D eigenvalue weighted by molar-refractivity contribution is 6.22. The maximum Gasteiger partial charge on any atom is 0.264 e. The van der Waals surface area contributed by atoms with E-state index in [0.29, 0.717) is 16.8 Å². The summed E-state index contributed by atoms with van der Waals surface area (Å²) in [6, 6.07) is 5.27. The average Bonchev–Trinajstić information content (AvgIpc) is 3.05. The van der Waals surface area contributed by atoms with Gasteiger partial charge in [-0.2, -0.15) is 0 Å². The van der Waals surface area contributed by atoms with Crippen LogP contribution in [0.1, 0.15) is 31.9 Å². The number of Topliss-reactive ketones (excluding diaryl/α,β-unsaturated/α-hetero) is 2. The number of hydrogen-bond acceptors (Lipinski definition) is 6. The van der Waals surface area contributed by atoms with Gasteiger partial charge >= 0.3 is 0 Å². The lowest BCUT2D eigenvalue weighted by Crippen LogP contribution is -2.66. The largest absolute Gasteiger partial charge is 0.411 e. The van der Waals surface area contributed by atoms with Crippen LogP contribution in [0.15, 0.2) is 36.0 Å². The smallest absolute Gasteiger partial charge is 0.264 e. The Morgan fingerprint density at radius 1 is 1.21 bits per heavy atom. The molecule has 0 unspecified atom stereocenters. The molecule has 5 atom stereocenters. The molecule has 1 saturated carbocycles. The van der Waals surface area contributed by atoms with Crippen molar-refractivity contribution in [3.05, 3.63) is 42.0 Å². The average molecular weight is 394 g/mol. The molecule has 4 aliphatic rings. The van der Waals surface area contributed by atoms with Crippen molar-refractivity contribution in [3.63, 3.8) is 0 Å². The maximum absolute atomic E-state index is 14.1. The van der Waals surface area contributed by atoms with E-state index in [4.69, 9.17) is 4.74 Å². The van der Waals surface area contributed by atoms with E-state index in [1.807, 2.05) is 13.8 Å². The normalized spacial score (nSPS) is 41.2. The highest BCUT2D eigenvalue weighted by Gasteiger charge is 2.81. The van der Waals surface area contributed by atoms with Crippen LogP contribution in [-0.2, 0) is 30.1 Å². The lowest BCUT2D eigenvalue weighted by Gasteiger charge is -2.50. The monoisotopic (exact) mass is 394 g/mol. The topological polar surface area (TPSA) is 96.3 Å². The molecular weight excluding hydrogens is 372 g/mol. The molecule has 2 heterocycles. The second-order valence-corrected chi connectivity index (χ2v) is 9.17. The van der Waals surface area contributed by atoms with Gasteiger partial charge in [0.1, 0.15) is 11.5 Å². The van der Waals surface area contributed by atoms with E-state index in [1.54, 1.807) is 32.2 Å². The predicted molar refractivity (Wildman–Crippen MR) is 104 cm³/mol. The Hall–Kier alpha value is -2.80. The number of likely N-dealkylation sites (N-methyl/N-ethyl adjacent to an activating group) is 1. The number of anilines is 1. The van der Waals surface area contributed by atoms with Gasteiger partial charge in [-0.05, 0) is 18.6 Å². The third-order valence-electron chi connectivity index (χ3n) is 8.00.